The van der Waals surface area contributed by atoms with Crippen LogP contribution in [0.1, 0.15) is 71.4 Å². The maximum absolute atomic E-state index is 2.83. The topological polar surface area (TPSA) is 6.48 Å². The number of fused-ring (bicyclic) bond motifs is 7. The van der Waals surface area contributed by atoms with Gasteiger partial charge in [-0.25, -0.2) is 0 Å². The van der Waals surface area contributed by atoms with E-state index in [1.807, 2.05) is 0 Å². The van der Waals surface area contributed by atoms with Gasteiger partial charge in [-0.1, -0.05) is 95.1 Å². The molecule has 1 aliphatic carbocycles. The Morgan fingerprint density at radius 1 is 0.718 bits per heavy atom. The fraction of sp³-hybridized carbons (Fsp3) is 0.333. The number of para-hydroxylation sites is 3. The van der Waals surface area contributed by atoms with Gasteiger partial charge in [0.05, 0.1) is 5.54 Å². The second-order valence-corrected chi connectivity index (χ2v) is 13.7. The maximum atomic E-state index is 2.83. The fourth-order valence-electron chi connectivity index (χ4n) is 8.52. The lowest BCUT2D eigenvalue weighted by Gasteiger charge is -2.53. The molecule has 3 heteroatoms. The van der Waals surface area contributed by atoms with Gasteiger partial charge in [-0.2, -0.15) is 0 Å². The lowest BCUT2D eigenvalue weighted by atomic mass is 9.33. The fourth-order valence-corrected chi connectivity index (χ4v) is 8.52. The van der Waals surface area contributed by atoms with Crippen LogP contribution in [0.4, 0.5) is 28.4 Å². The molecule has 3 aliphatic heterocycles. The molecule has 0 spiro atoms. The predicted molar refractivity (Wildman–Crippen MR) is 167 cm³/mol. The van der Waals surface area contributed by atoms with Crippen LogP contribution in [0.2, 0.25) is 0 Å². The molecule has 0 radical (unpaired) electrons. The summed E-state index contributed by atoms with van der Waals surface area (Å²) in [5.41, 5.74) is 14.4. The first-order valence-electron chi connectivity index (χ1n) is 14.8. The highest BCUT2D eigenvalue weighted by Crippen LogP contribution is 2.61. The van der Waals surface area contributed by atoms with Gasteiger partial charge in [0.1, 0.15) is 0 Å². The summed E-state index contributed by atoms with van der Waals surface area (Å²) in [6.07, 6.45) is 5.11. The molecule has 0 N–H and O–H groups in total. The van der Waals surface area contributed by atoms with Gasteiger partial charge in [-0.15, -0.1) is 0 Å². The molecule has 4 aliphatic rings. The van der Waals surface area contributed by atoms with Crippen LogP contribution in [0.5, 0.6) is 0 Å². The zero-order chi connectivity index (χ0) is 26.7. The first kappa shape index (κ1) is 23.4. The van der Waals surface area contributed by atoms with Gasteiger partial charge in [0.2, 0.25) is 0 Å². The molecule has 0 aromatic heterocycles. The maximum Gasteiger partial charge on any atom is 0.252 e. The van der Waals surface area contributed by atoms with E-state index in [1.165, 1.54) is 76.1 Å². The van der Waals surface area contributed by atoms with Crippen LogP contribution < -0.4 is 26.2 Å². The third-order valence-corrected chi connectivity index (χ3v) is 10.7. The van der Waals surface area contributed by atoms with E-state index >= 15 is 0 Å². The standard InChI is InChI=1S/C36H37BN2/c1-34(2,3)24-22-30-32-31(23-24)39-33-26(35(4)20-11-12-21-36(35,39)5)16-13-18-28(33)37(32)27-17-9-10-19-29(27)38(30)25-14-7-6-8-15-25/h6-10,13-19,22-23H,11-12,20-21H2,1-5H3. The van der Waals surface area contributed by atoms with Crippen LogP contribution >= 0.6 is 0 Å². The summed E-state index contributed by atoms with van der Waals surface area (Å²) in [5, 5.41) is 0. The van der Waals surface area contributed by atoms with Crippen molar-refractivity contribution in [2.24, 2.45) is 0 Å². The molecule has 4 aromatic rings. The van der Waals surface area contributed by atoms with Gasteiger partial charge in [0, 0.05) is 33.9 Å². The Labute approximate surface area is 233 Å². The van der Waals surface area contributed by atoms with Gasteiger partial charge in [0.25, 0.3) is 6.71 Å². The van der Waals surface area contributed by atoms with Gasteiger partial charge < -0.3 is 9.80 Å². The molecule has 0 bridgehead atoms. The van der Waals surface area contributed by atoms with E-state index in [0.29, 0.717) is 0 Å². The summed E-state index contributed by atoms with van der Waals surface area (Å²) in [7, 11) is 0. The van der Waals surface area contributed by atoms with E-state index in [4.69, 9.17) is 0 Å². The third kappa shape index (κ3) is 2.84. The molecule has 8 rings (SSSR count). The molecule has 4 aromatic carbocycles. The van der Waals surface area contributed by atoms with E-state index < -0.39 is 0 Å². The van der Waals surface area contributed by atoms with Crippen molar-refractivity contribution in [3.63, 3.8) is 0 Å². The molecule has 39 heavy (non-hydrogen) atoms. The lowest BCUT2D eigenvalue weighted by molar-refractivity contribution is 0.195. The highest BCUT2D eigenvalue weighted by Gasteiger charge is 2.61. The lowest BCUT2D eigenvalue weighted by Crippen LogP contribution is -2.64. The van der Waals surface area contributed by atoms with Gasteiger partial charge in [-0.05, 0) is 83.0 Å². The zero-order valence-electron chi connectivity index (χ0n) is 23.9. The molecule has 2 atom stereocenters. The van der Waals surface area contributed by atoms with Crippen LogP contribution in [0.25, 0.3) is 0 Å². The number of benzene rings is 4. The summed E-state index contributed by atoms with van der Waals surface area (Å²) in [6.45, 7) is 12.5. The van der Waals surface area contributed by atoms with Gasteiger partial charge >= 0.3 is 0 Å². The van der Waals surface area contributed by atoms with Crippen LogP contribution in [0.3, 0.4) is 0 Å². The minimum atomic E-state index is 0.0383. The Hall–Kier alpha value is -3.46. The average molecular weight is 509 g/mol. The van der Waals surface area contributed by atoms with E-state index in [0.717, 1.165) is 0 Å². The largest absolute Gasteiger partial charge is 0.335 e. The Morgan fingerprint density at radius 2 is 1.41 bits per heavy atom. The molecular weight excluding hydrogens is 471 g/mol. The van der Waals surface area contributed by atoms with E-state index in [9.17, 15) is 0 Å². The van der Waals surface area contributed by atoms with Crippen molar-refractivity contribution in [3.05, 3.63) is 96.1 Å². The summed E-state index contributed by atoms with van der Waals surface area (Å²) in [5.74, 6) is 0. The molecule has 2 nitrogen and oxygen atoms in total. The molecule has 0 saturated heterocycles. The molecule has 2 unspecified atom stereocenters. The monoisotopic (exact) mass is 508 g/mol. The van der Waals surface area contributed by atoms with E-state index in [-0.39, 0.29) is 23.1 Å². The van der Waals surface area contributed by atoms with Crippen molar-refractivity contribution in [3.8, 4) is 0 Å². The summed E-state index contributed by atoms with van der Waals surface area (Å²) >= 11 is 0. The molecule has 3 heterocycles. The normalized spacial score (nSPS) is 24.2. The molecule has 1 saturated carbocycles. The Balaban J connectivity index is 1.53. The number of hydrogen-bond donors (Lipinski definition) is 0. The van der Waals surface area contributed by atoms with Crippen molar-refractivity contribution in [1.29, 1.82) is 0 Å². The highest BCUT2D eigenvalue weighted by molar-refractivity contribution is 7.00. The third-order valence-electron chi connectivity index (χ3n) is 10.7. The average Bonchev–Trinajstić information content (AvgIpc) is 3.15. The first-order chi connectivity index (χ1) is 18.7. The highest BCUT2D eigenvalue weighted by atomic mass is 15.3. The Kier molecular flexibility index (Phi) is 4.56. The van der Waals surface area contributed by atoms with Crippen molar-refractivity contribution in [2.45, 2.75) is 76.7 Å². The van der Waals surface area contributed by atoms with Crippen LogP contribution in [0.15, 0.2) is 84.9 Å². The quantitative estimate of drug-likeness (QED) is 0.219. The predicted octanol–water partition coefficient (Wildman–Crippen LogP) is 7.34. The summed E-state index contributed by atoms with van der Waals surface area (Å²) in [4.78, 5) is 5.37. The minimum Gasteiger partial charge on any atom is -0.335 e. The van der Waals surface area contributed by atoms with Gasteiger partial charge in [-0.3, -0.25) is 0 Å². The number of anilines is 5. The second kappa shape index (κ2) is 7.59. The smallest absolute Gasteiger partial charge is 0.252 e. The Morgan fingerprint density at radius 3 is 2.21 bits per heavy atom. The molecule has 0 amide bonds. The summed E-state index contributed by atoms with van der Waals surface area (Å²) in [6, 6.07) is 32.4. The van der Waals surface area contributed by atoms with Gasteiger partial charge in [0.15, 0.2) is 0 Å². The van der Waals surface area contributed by atoms with E-state index in [1.54, 1.807) is 5.56 Å². The van der Waals surface area contributed by atoms with Crippen molar-refractivity contribution in [1.82, 2.24) is 0 Å². The number of nitrogens with zero attached hydrogens (tertiary/aromatic N) is 2. The van der Waals surface area contributed by atoms with Crippen LogP contribution in [-0.2, 0) is 10.8 Å². The zero-order valence-corrected chi connectivity index (χ0v) is 23.9. The molecule has 194 valence electrons. The van der Waals surface area contributed by atoms with Crippen molar-refractivity contribution >= 4 is 51.5 Å². The molecule has 1 fully saturated rings. The number of rotatable bonds is 1. The second-order valence-electron chi connectivity index (χ2n) is 13.7. The first-order valence-corrected chi connectivity index (χ1v) is 14.8. The van der Waals surface area contributed by atoms with Crippen molar-refractivity contribution in [2.75, 3.05) is 9.80 Å². The minimum absolute atomic E-state index is 0.0383. The Bertz CT molecular complexity index is 1650. The van der Waals surface area contributed by atoms with Crippen LogP contribution in [0, 0.1) is 0 Å². The SMILES string of the molecule is CC(C)(C)c1cc2c3c(c1)N1c4c(cccc4C4(C)CCCCC14C)B3c1ccccc1N2c1ccccc1. The van der Waals surface area contributed by atoms with Crippen LogP contribution in [-0.4, -0.2) is 12.3 Å². The van der Waals surface area contributed by atoms with E-state index in [2.05, 4.69) is 129 Å². The van der Waals surface area contributed by atoms with Crippen molar-refractivity contribution < 1.29 is 0 Å². The molecular formula is C36H37BN2. The number of hydrogen-bond acceptors (Lipinski definition) is 2. The summed E-state index contributed by atoms with van der Waals surface area (Å²) < 4.78 is 0.